The van der Waals surface area contributed by atoms with Crippen LogP contribution in [0.1, 0.15) is 0 Å². The van der Waals surface area contributed by atoms with Gasteiger partial charge in [-0.25, -0.2) is 0 Å². The molecule has 0 aliphatic carbocycles. The normalized spacial score (nSPS) is 11.3. The van der Waals surface area contributed by atoms with E-state index in [-0.39, 0.29) is 0 Å². The van der Waals surface area contributed by atoms with Crippen LogP contribution in [0.4, 0.5) is 0 Å². The third-order valence-electron chi connectivity index (χ3n) is 2.16. The molecule has 0 aromatic heterocycles. The molecule has 0 amide bonds. The van der Waals surface area contributed by atoms with Crippen LogP contribution in [0.3, 0.4) is 0 Å². The first kappa shape index (κ1) is 9.51. The summed E-state index contributed by atoms with van der Waals surface area (Å²) in [5, 5.41) is 19.4. The molecule has 0 heterocycles. The summed E-state index contributed by atoms with van der Waals surface area (Å²) in [7, 11) is -2.05. The molecule has 4 heteroatoms. The monoisotopic (exact) mass is 180 g/mol. The molecule has 0 radical (unpaired) electrons. The van der Waals surface area contributed by atoms with Gasteiger partial charge in [0.25, 0.3) is 0 Å². The van der Waals surface area contributed by atoms with Gasteiger partial charge in [-0.05, 0) is 0 Å². The molecule has 1 rings (SSSR count). The lowest BCUT2D eigenvalue weighted by atomic mass is 10.4. The van der Waals surface area contributed by atoms with E-state index in [0.717, 1.165) is 5.19 Å². The van der Waals surface area contributed by atoms with Gasteiger partial charge in [0.15, 0.2) is 0 Å². The van der Waals surface area contributed by atoms with Gasteiger partial charge in [0.05, 0.1) is 0 Å². The average Bonchev–Trinajstić information content (AvgIpc) is 2.06. The van der Waals surface area contributed by atoms with E-state index in [9.17, 15) is 0 Å². The lowest BCUT2D eigenvalue weighted by molar-refractivity contribution is 0.431. The lowest BCUT2D eigenvalue weighted by Crippen LogP contribution is -2.56. The molecule has 2 N–H and O–H groups in total. The molecule has 0 bridgehead atoms. The van der Waals surface area contributed by atoms with Crippen molar-refractivity contribution in [1.29, 1.82) is 0 Å². The van der Waals surface area contributed by atoms with Gasteiger partial charge in [0.1, 0.15) is 7.94 Å². The lowest BCUT2D eigenvalue weighted by Gasteiger charge is -2.20. The first-order valence-corrected chi connectivity index (χ1v) is 7.04. The zero-order valence-corrected chi connectivity index (χ0v) is 8.36. The molecular formula is C8H13BO2Si. The SMILES string of the molecule is C[Si](C)(B(O)O)c1ccccc1. The predicted molar refractivity (Wildman–Crippen MR) is 53.7 cm³/mol. The minimum Gasteiger partial charge on any atom is -0.430 e. The third kappa shape index (κ3) is 1.77. The molecule has 0 atom stereocenters. The maximum atomic E-state index is 9.15. The van der Waals surface area contributed by atoms with Crippen LogP contribution in [0.15, 0.2) is 30.3 Å². The van der Waals surface area contributed by atoms with Crippen molar-refractivity contribution < 1.29 is 10.0 Å². The van der Waals surface area contributed by atoms with Gasteiger partial charge in [-0.1, -0.05) is 48.6 Å². The Morgan fingerprint density at radius 1 is 1.08 bits per heavy atom. The highest BCUT2D eigenvalue weighted by atomic mass is 28.3. The highest BCUT2D eigenvalue weighted by molar-refractivity contribution is 7.32. The molecule has 2 nitrogen and oxygen atoms in total. The Balaban J connectivity index is 2.98. The molecule has 64 valence electrons. The molecule has 0 saturated heterocycles. The molecule has 0 spiro atoms. The minimum atomic E-state index is -2.05. The van der Waals surface area contributed by atoms with Crippen molar-refractivity contribution in [2.45, 2.75) is 13.1 Å². The van der Waals surface area contributed by atoms with Gasteiger partial charge in [-0.15, -0.1) is 0 Å². The largest absolute Gasteiger partial charge is 0.432 e. The van der Waals surface area contributed by atoms with E-state index in [0.29, 0.717) is 0 Å². The Hall–Kier alpha value is -0.578. The van der Waals surface area contributed by atoms with E-state index < -0.39 is 14.7 Å². The van der Waals surface area contributed by atoms with Gasteiger partial charge < -0.3 is 10.0 Å². The van der Waals surface area contributed by atoms with E-state index in [2.05, 4.69) is 0 Å². The van der Waals surface area contributed by atoms with Crippen molar-refractivity contribution in [1.82, 2.24) is 0 Å². The maximum absolute atomic E-state index is 9.15. The second-order valence-corrected chi connectivity index (χ2v) is 8.00. The maximum Gasteiger partial charge on any atom is 0.432 e. The first-order chi connectivity index (χ1) is 5.55. The van der Waals surface area contributed by atoms with Crippen LogP contribution >= 0.6 is 0 Å². The van der Waals surface area contributed by atoms with Gasteiger partial charge in [0, 0.05) is 0 Å². The Labute approximate surface area is 74.0 Å². The molecule has 12 heavy (non-hydrogen) atoms. The van der Waals surface area contributed by atoms with Gasteiger partial charge in [0.2, 0.25) is 0 Å². The summed E-state index contributed by atoms with van der Waals surface area (Å²) in [6.45, 7) is 2.69. The Morgan fingerprint density at radius 3 is 2.00 bits per heavy atom. The minimum absolute atomic E-state index is 1.07. The second-order valence-electron chi connectivity index (χ2n) is 3.46. The van der Waals surface area contributed by atoms with Crippen LogP contribution in [0.5, 0.6) is 0 Å². The molecule has 0 aliphatic heterocycles. The average molecular weight is 180 g/mol. The van der Waals surface area contributed by atoms with Crippen LogP contribution in [0.25, 0.3) is 0 Å². The van der Waals surface area contributed by atoms with E-state index in [1.807, 2.05) is 43.4 Å². The van der Waals surface area contributed by atoms with Crippen molar-refractivity contribution in [3.05, 3.63) is 30.3 Å². The Morgan fingerprint density at radius 2 is 1.58 bits per heavy atom. The van der Waals surface area contributed by atoms with Crippen LogP contribution in [-0.4, -0.2) is 24.7 Å². The van der Waals surface area contributed by atoms with Crippen molar-refractivity contribution in [3.63, 3.8) is 0 Å². The Bertz CT molecular complexity index is 248. The summed E-state index contributed by atoms with van der Waals surface area (Å²) in [4.78, 5) is 0. The van der Waals surface area contributed by atoms with Gasteiger partial charge in [-0.2, -0.15) is 0 Å². The predicted octanol–water partition coefficient (Wildman–Crippen LogP) is 0.153. The molecule has 0 unspecified atom stereocenters. The Kier molecular flexibility index (Phi) is 2.72. The summed E-state index contributed by atoms with van der Waals surface area (Å²) in [6, 6.07) is 9.67. The van der Waals surface area contributed by atoms with Gasteiger partial charge >= 0.3 is 6.71 Å². The third-order valence-corrected chi connectivity index (χ3v) is 5.28. The topological polar surface area (TPSA) is 40.5 Å². The fourth-order valence-corrected chi connectivity index (χ4v) is 2.37. The number of rotatable bonds is 2. The van der Waals surface area contributed by atoms with E-state index >= 15 is 0 Å². The molecular weight excluding hydrogens is 167 g/mol. The number of hydrogen-bond donors (Lipinski definition) is 2. The standard InChI is InChI=1S/C8H13BO2Si/c1-12(2,9(10)11)8-6-4-3-5-7-8/h3-7,10-11H,1-2H3. The smallest absolute Gasteiger partial charge is 0.430 e. The summed E-state index contributed by atoms with van der Waals surface area (Å²) >= 11 is 0. The van der Waals surface area contributed by atoms with Crippen molar-refractivity contribution >= 4 is 19.8 Å². The fourth-order valence-electron chi connectivity index (χ4n) is 1.02. The summed E-state index contributed by atoms with van der Waals surface area (Å²) < 4.78 is 0. The molecule has 1 aromatic carbocycles. The molecule has 0 saturated carbocycles. The number of benzene rings is 1. The fraction of sp³-hybridized carbons (Fsp3) is 0.250. The van der Waals surface area contributed by atoms with E-state index in [1.54, 1.807) is 0 Å². The van der Waals surface area contributed by atoms with Gasteiger partial charge in [-0.3, -0.25) is 0 Å². The highest BCUT2D eigenvalue weighted by Gasteiger charge is 2.36. The second kappa shape index (κ2) is 3.43. The molecule has 0 aliphatic rings. The number of hydrogen-bond acceptors (Lipinski definition) is 2. The van der Waals surface area contributed by atoms with Crippen LogP contribution in [0.2, 0.25) is 13.1 Å². The zero-order chi connectivity index (χ0) is 9.19. The highest BCUT2D eigenvalue weighted by Crippen LogP contribution is 2.03. The van der Waals surface area contributed by atoms with E-state index in [1.165, 1.54) is 0 Å². The van der Waals surface area contributed by atoms with Crippen molar-refractivity contribution in [3.8, 4) is 0 Å². The van der Waals surface area contributed by atoms with Crippen molar-refractivity contribution in [2.75, 3.05) is 0 Å². The van der Waals surface area contributed by atoms with Crippen LogP contribution in [0, 0.1) is 0 Å². The zero-order valence-electron chi connectivity index (χ0n) is 7.36. The van der Waals surface area contributed by atoms with E-state index in [4.69, 9.17) is 10.0 Å². The quantitative estimate of drug-likeness (QED) is 0.636. The van der Waals surface area contributed by atoms with Crippen LogP contribution < -0.4 is 5.19 Å². The summed E-state index contributed by atoms with van der Waals surface area (Å²) in [5.74, 6) is 0. The molecule has 1 aromatic rings. The first-order valence-electron chi connectivity index (χ1n) is 3.97. The molecule has 0 fully saturated rings. The summed E-state index contributed by atoms with van der Waals surface area (Å²) in [5.41, 5.74) is 0. The van der Waals surface area contributed by atoms with Crippen molar-refractivity contribution in [2.24, 2.45) is 0 Å². The summed E-state index contributed by atoms with van der Waals surface area (Å²) in [6.07, 6.45) is 0. The van der Waals surface area contributed by atoms with Crippen LogP contribution in [-0.2, 0) is 0 Å².